The molecule has 3 aromatic rings. The van der Waals surface area contributed by atoms with Crippen LogP contribution in [0, 0.1) is 6.92 Å². The Kier molecular flexibility index (Phi) is 6.32. The Morgan fingerprint density at radius 3 is 2.72 bits per heavy atom. The molecule has 0 spiro atoms. The molecule has 1 aliphatic rings. The van der Waals surface area contributed by atoms with E-state index in [4.69, 9.17) is 16.5 Å². The van der Waals surface area contributed by atoms with Gasteiger partial charge in [0.25, 0.3) is 0 Å². The molecular formula is C26H30N6. The van der Waals surface area contributed by atoms with Gasteiger partial charge in [-0.2, -0.15) is 0 Å². The Balaban J connectivity index is 1.86. The van der Waals surface area contributed by atoms with Gasteiger partial charge in [0.2, 0.25) is 0 Å². The highest BCUT2D eigenvalue weighted by Crippen LogP contribution is 2.25. The van der Waals surface area contributed by atoms with Gasteiger partial charge in [-0.1, -0.05) is 18.7 Å². The molecule has 0 bridgehead atoms. The van der Waals surface area contributed by atoms with Gasteiger partial charge < -0.3 is 16.4 Å². The highest BCUT2D eigenvalue weighted by Gasteiger charge is 2.18. The molecule has 0 radical (unpaired) electrons. The average molecular weight is 427 g/mol. The van der Waals surface area contributed by atoms with E-state index in [1.165, 1.54) is 0 Å². The first-order valence-electron chi connectivity index (χ1n) is 11.0. The van der Waals surface area contributed by atoms with E-state index >= 15 is 0 Å². The smallest absolute Gasteiger partial charge is 0.112 e. The number of anilines is 1. The zero-order valence-electron chi connectivity index (χ0n) is 18.8. The number of pyridine rings is 3. The number of nitrogens with two attached hydrogens (primary N) is 2. The first kappa shape index (κ1) is 21.7. The molecule has 1 aliphatic heterocycles. The fourth-order valence-corrected chi connectivity index (χ4v) is 4.11. The molecule has 6 heteroatoms. The van der Waals surface area contributed by atoms with Crippen LogP contribution in [0.4, 0.5) is 5.69 Å². The van der Waals surface area contributed by atoms with Gasteiger partial charge in [-0.15, -0.1) is 0 Å². The van der Waals surface area contributed by atoms with Crippen molar-refractivity contribution in [1.29, 1.82) is 0 Å². The van der Waals surface area contributed by atoms with Crippen LogP contribution in [0.1, 0.15) is 25.5 Å². The van der Waals surface area contributed by atoms with Gasteiger partial charge in [-0.3, -0.25) is 9.97 Å². The number of nitrogens with zero attached hydrogens (tertiary/aromatic N) is 4. The van der Waals surface area contributed by atoms with E-state index in [1.54, 1.807) is 6.20 Å². The van der Waals surface area contributed by atoms with Gasteiger partial charge >= 0.3 is 0 Å². The van der Waals surface area contributed by atoms with Crippen molar-refractivity contribution >= 4 is 18.0 Å². The SMILES string of the molecule is C=c1cnc(-c2nc(-c3cccc(C)n3)ccc2N)cc1=C(C=CC)N1CCCC(N)C1. The minimum atomic E-state index is 0.175. The molecule has 164 valence electrons. The van der Waals surface area contributed by atoms with Crippen molar-refractivity contribution < 1.29 is 0 Å². The van der Waals surface area contributed by atoms with Crippen molar-refractivity contribution in [3.8, 4) is 22.8 Å². The predicted molar refractivity (Wildman–Crippen MR) is 132 cm³/mol. The molecule has 4 heterocycles. The van der Waals surface area contributed by atoms with E-state index in [-0.39, 0.29) is 6.04 Å². The number of allylic oxidation sites excluding steroid dienone is 1. The number of hydrogen-bond acceptors (Lipinski definition) is 6. The zero-order valence-corrected chi connectivity index (χ0v) is 18.8. The van der Waals surface area contributed by atoms with Crippen LogP contribution >= 0.6 is 0 Å². The Hall–Kier alpha value is -3.51. The van der Waals surface area contributed by atoms with Crippen LogP contribution in [0.5, 0.6) is 0 Å². The number of aryl methyl sites for hydroxylation is 1. The summed E-state index contributed by atoms with van der Waals surface area (Å²) in [7, 11) is 0. The van der Waals surface area contributed by atoms with E-state index in [0.717, 1.165) is 59.1 Å². The summed E-state index contributed by atoms with van der Waals surface area (Å²) < 4.78 is 0. The van der Waals surface area contributed by atoms with Crippen LogP contribution < -0.4 is 21.9 Å². The van der Waals surface area contributed by atoms with Crippen molar-refractivity contribution in [2.24, 2.45) is 5.73 Å². The number of aromatic nitrogens is 3. The number of rotatable bonds is 4. The van der Waals surface area contributed by atoms with Crippen LogP contribution in [-0.2, 0) is 0 Å². The van der Waals surface area contributed by atoms with E-state index in [9.17, 15) is 0 Å². The summed E-state index contributed by atoms with van der Waals surface area (Å²) in [6.45, 7) is 10.0. The van der Waals surface area contributed by atoms with Crippen LogP contribution in [0.15, 0.2) is 54.7 Å². The summed E-state index contributed by atoms with van der Waals surface area (Å²) in [6, 6.07) is 11.9. The molecule has 1 atom stereocenters. The summed E-state index contributed by atoms with van der Waals surface area (Å²) in [5.74, 6) is 0. The highest BCUT2D eigenvalue weighted by atomic mass is 15.2. The molecule has 4 rings (SSSR count). The second-order valence-electron chi connectivity index (χ2n) is 8.26. The minimum absolute atomic E-state index is 0.175. The van der Waals surface area contributed by atoms with Gasteiger partial charge in [-0.05, 0) is 68.3 Å². The second-order valence-corrected chi connectivity index (χ2v) is 8.26. The molecule has 4 N–H and O–H groups in total. The van der Waals surface area contributed by atoms with Gasteiger partial charge in [0.15, 0.2) is 0 Å². The number of hydrogen-bond donors (Lipinski definition) is 2. The minimum Gasteiger partial charge on any atom is -0.397 e. The molecular weight excluding hydrogens is 396 g/mol. The van der Waals surface area contributed by atoms with Crippen LogP contribution in [0.25, 0.3) is 35.1 Å². The highest BCUT2D eigenvalue weighted by molar-refractivity contribution is 5.73. The first-order valence-corrected chi connectivity index (χ1v) is 11.0. The molecule has 0 aliphatic carbocycles. The van der Waals surface area contributed by atoms with E-state index in [2.05, 4.69) is 27.5 Å². The van der Waals surface area contributed by atoms with Crippen molar-refractivity contribution in [3.05, 3.63) is 70.9 Å². The average Bonchev–Trinajstić information content (AvgIpc) is 2.78. The lowest BCUT2D eigenvalue weighted by Gasteiger charge is -2.33. The predicted octanol–water partition coefficient (Wildman–Crippen LogP) is 2.61. The Morgan fingerprint density at radius 2 is 1.97 bits per heavy atom. The Labute approximate surface area is 189 Å². The number of piperidine rings is 1. The van der Waals surface area contributed by atoms with Crippen molar-refractivity contribution in [2.45, 2.75) is 32.7 Å². The molecule has 1 unspecified atom stereocenters. The van der Waals surface area contributed by atoms with Crippen molar-refractivity contribution in [3.63, 3.8) is 0 Å². The maximum Gasteiger partial charge on any atom is 0.112 e. The molecule has 6 nitrogen and oxygen atoms in total. The fourth-order valence-electron chi connectivity index (χ4n) is 4.11. The summed E-state index contributed by atoms with van der Waals surface area (Å²) >= 11 is 0. The van der Waals surface area contributed by atoms with E-state index in [0.29, 0.717) is 17.1 Å². The lowest BCUT2D eigenvalue weighted by molar-refractivity contribution is 0.295. The first-order chi connectivity index (χ1) is 15.5. The van der Waals surface area contributed by atoms with Crippen molar-refractivity contribution in [1.82, 2.24) is 19.9 Å². The Bertz CT molecular complexity index is 1260. The summed E-state index contributed by atoms with van der Waals surface area (Å²) in [4.78, 5) is 16.4. The third kappa shape index (κ3) is 4.55. The van der Waals surface area contributed by atoms with E-state index < -0.39 is 0 Å². The summed E-state index contributed by atoms with van der Waals surface area (Å²) in [6.07, 6.45) is 8.09. The molecule has 32 heavy (non-hydrogen) atoms. The lowest BCUT2D eigenvalue weighted by Crippen LogP contribution is -2.44. The summed E-state index contributed by atoms with van der Waals surface area (Å²) in [5, 5.41) is 1.87. The van der Waals surface area contributed by atoms with Gasteiger partial charge in [0.05, 0.1) is 22.8 Å². The standard InChI is InChI=1S/C26H30N6/c1-4-7-25(32-13-6-9-19(27)16-32)20-14-24(29-15-17(20)2)26-21(28)11-12-23(31-26)22-10-5-8-18(3)30-22/h4-5,7-8,10-12,14-15,19H,2,6,9,13,16,27-28H2,1,3H3. The van der Waals surface area contributed by atoms with Crippen LogP contribution in [0.3, 0.4) is 0 Å². The third-order valence-corrected chi connectivity index (χ3v) is 5.71. The Morgan fingerprint density at radius 1 is 1.16 bits per heavy atom. The van der Waals surface area contributed by atoms with Gasteiger partial charge in [-0.25, -0.2) is 4.98 Å². The molecule has 0 aromatic carbocycles. The monoisotopic (exact) mass is 426 g/mol. The maximum atomic E-state index is 6.33. The molecule has 1 fully saturated rings. The second kappa shape index (κ2) is 9.32. The molecule has 1 saturated heterocycles. The normalized spacial score (nSPS) is 17.6. The van der Waals surface area contributed by atoms with Gasteiger partial charge in [0.1, 0.15) is 5.69 Å². The van der Waals surface area contributed by atoms with Crippen LogP contribution in [0.2, 0.25) is 0 Å². The summed E-state index contributed by atoms with van der Waals surface area (Å²) in [5.41, 5.74) is 18.1. The largest absolute Gasteiger partial charge is 0.397 e. The van der Waals surface area contributed by atoms with Crippen molar-refractivity contribution in [2.75, 3.05) is 18.8 Å². The van der Waals surface area contributed by atoms with Gasteiger partial charge in [0, 0.05) is 41.9 Å². The maximum absolute atomic E-state index is 6.33. The lowest BCUT2D eigenvalue weighted by atomic mass is 10.0. The van der Waals surface area contributed by atoms with Crippen LogP contribution in [-0.4, -0.2) is 39.0 Å². The number of likely N-dealkylation sites (tertiary alicyclic amines) is 1. The molecule has 0 amide bonds. The third-order valence-electron chi connectivity index (χ3n) is 5.71. The fraction of sp³-hybridized carbons (Fsp3) is 0.269. The van der Waals surface area contributed by atoms with E-state index in [1.807, 2.05) is 56.3 Å². The quantitative estimate of drug-likeness (QED) is 0.666. The molecule has 3 aromatic heterocycles. The topological polar surface area (TPSA) is 93.9 Å². The zero-order chi connectivity index (χ0) is 22.7. The number of nitrogen functional groups attached to an aromatic ring is 1. The molecule has 0 saturated carbocycles.